The van der Waals surface area contributed by atoms with Crippen LogP contribution in [-0.4, -0.2) is 15.0 Å². The number of anilines is 1. The molecule has 0 amide bonds. The number of fused-ring (bicyclic) bond motifs is 1. The summed E-state index contributed by atoms with van der Waals surface area (Å²) in [5, 5.41) is 2.33. The molecule has 126 valence electrons. The first-order chi connectivity index (χ1) is 11.6. The van der Waals surface area contributed by atoms with Crippen molar-refractivity contribution < 1.29 is 0 Å². The minimum atomic E-state index is 0.435. The maximum atomic E-state index is 5.64. The molecule has 4 heteroatoms. The zero-order chi connectivity index (χ0) is 18.1. The summed E-state index contributed by atoms with van der Waals surface area (Å²) in [6.45, 7) is 14.8. The Hall–Kier alpha value is -2.88. The van der Waals surface area contributed by atoms with Gasteiger partial charge in [0.25, 0.3) is 0 Å². The Bertz CT molecular complexity index is 810. The number of H-pyrrole nitrogens is 1. The quantitative estimate of drug-likeness (QED) is 0.636. The molecule has 0 radical (unpaired) electrons. The molecule has 4 nitrogen and oxygen atoms in total. The Labute approximate surface area is 144 Å². The SMILES string of the molecule is C=CC=C.CC.Cc1cc2c(-c3cnc(N)[nH]3)cccc2c(C)n1. The molecule has 1 aromatic carbocycles. The number of pyridine rings is 1. The highest BCUT2D eigenvalue weighted by Crippen LogP contribution is 2.29. The zero-order valence-corrected chi connectivity index (χ0v) is 14.9. The van der Waals surface area contributed by atoms with Crippen LogP contribution in [-0.2, 0) is 0 Å². The Balaban J connectivity index is 0.000000423. The summed E-state index contributed by atoms with van der Waals surface area (Å²) < 4.78 is 0. The standard InChI is InChI=1S/C14H14N4.C4H6.C2H6/c1-8-6-12-10(9(2)17-8)4-3-5-11(12)13-7-16-14(15)18-13;1-3-4-2;1-2/h3-7H,1-2H3,(H3,15,16,18);3-4H,1-2H2;1-2H3. The van der Waals surface area contributed by atoms with Crippen molar-refractivity contribution in [2.45, 2.75) is 27.7 Å². The van der Waals surface area contributed by atoms with Gasteiger partial charge in [0.1, 0.15) is 0 Å². The number of allylic oxidation sites excluding steroid dienone is 2. The van der Waals surface area contributed by atoms with Gasteiger partial charge >= 0.3 is 0 Å². The lowest BCUT2D eigenvalue weighted by atomic mass is 10.0. The topological polar surface area (TPSA) is 67.6 Å². The molecule has 24 heavy (non-hydrogen) atoms. The number of rotatable bonds is 2. The molecule has 0 atom stereocenters. The van der Waals surface area contributed by atoms with Crippen LogP contribution in [0.15, 0.2) is 55.8 Å². The van der Waals surface area contributed by atoms with Gasteiger partial charge in [0.15, 0.2) is 5.95 Å². The Morgan fingerprint density at radius 3 is 2.29 bits per heavy atom. The molecule has 0 aliphatic rings. The number of nitrogens with two attached hydrogens (primary N) is 1. The van der Waals surface area contributed by atoms with Gasteiger partial charge in [-0.05, 0) is 25.3 Å². The van der Waals surface area contributed by atoms with Gasteiger partial charge < -0.3 is 10.7 Å². The van der Waals surface area contributed by atoms with Crippen LogP contribution in [0.1, 0.15) is 25.2 Å². The van der Waals surface area contributed by atoms with E-state index in [1.54, 1.807) is 18.3 Å². The first-order valence-corrected chi connectivity index (χ1v) is 7.98. The summed E-state index contributed by atoms with van der Waals surface area (Å²) in [6, 6.07) is 8.27. The van der Waals surface area contributed by atoms with Gasteiger partial charge in [-0.15, -0.1) is 0 Å². The predicted molar refractivity (Wildman–Crippen MR) is 105 cm³/mol. The number of hydrogen-bond acceptors (Lipinski definition) is 3. The fourth-order valence-electron chi connectivity index (χ4n) is 2.31. The lowest BCUT2D eigenvalue weighted by Gasteiger charge is -2.07. The van der Waals surface area contributed by atoms with Crippen molar-refractivity contribution in [2.75, 3.05) is 5.73 Å². The highest BCUT2D eigenvalue weighted by molar-refractivity contribution is 5.97. The monoisotopic (exact) mass is 322 g/mol. The zero-order valence-electron chi connectivity index (χ0n) is 14.9. The van der Waals surface area contributed by atoms with Crippen LogP contribution in [0.4, 0.5) is 5.95 Å². The van der Waals surface area contributed by atoms with Crippen LogP contribution in [0, 0.1) is 13.8 Å². The number of aromatic nitrogens is 3. The second-order valence-electron chi connectivity index (χ2n) is 4.90. The number of nitrogens with one attached hydrogen (secondary N) is 1. The van der Waals surface area contributed by atoms with Gasteiger partial charge in [-0.1, -0.05) is 57.4 Å². The van der Waals surface area contributed by atoms with Gasteiger partial charge in [-0.2, -0.15) is 0 Å². The summed E-state index contributed by atoms with van der Waals surface area (Å²) >= 11 is 0. The lowest BCUT2D eigenvalue weighted by Crippen LogP contribution is -1.91. The summed E-state index contributed by atoms with van der Waals surface area (Å²) in [6.07, 6.45) is 5.04. The van der Waals surface area contributed by atoms with Gasteiger partial charge in [-0.25, -0.2) is 4.98 Å². The van der Waals surface area contributed by atoms with Crippen molar-refractivity contribution in [3.63, 3.8) is 0 Å². The van der Waals surface area contributed by atoms with E-state index < -0.39 is 0 Å². The van der Waals surface area contributed by atoms with E-state index in [4.69, 9.17) is 5.73 Å². The molecule has 3 N–H and O–H groups in total. The summed E-state index contributed by atoms with van der Waals surface area (Å²) in [4.78, 5) is 11.6. The fraction of sp³-hybridized carbons (Fsp3) is 0.200. The second kappa shape index (κ2) is 9.30. The van der Waals surface area contributed by atoms with E-state index in [1.165, 1.54) is 5.39 Å². The van der Waals surface area contributed by atoms with Crippen molar-refractivity contribution in [1.29, 1.82) is 0 Å². The van der Waals surface area contributed by atoms with Crippen molar-refractivity contribution in [3.8, 4) is 11.3 Å². The van der Waals surface area contributed by atoms with E-state index in [-0.39, 0.29) is 0 Å². The summed E-state index contributed by atoms with van der Waals surface area (Å²) in [5.74, 6) is 0.435. The van der Waals surface area contributed by atoms with E-state index in [0.29, 0.717) is 5.95 Å². The number of aryl methyl sites for hydroxylation is 2. The van der Waals surface area contributed by atoms with Gasteiger partial charge in [0.05, 0.1) is 11.9 Å². The molecule has 0 unspecified atom stereocenters. The molecule has 2 aromatic heterocycles. The average Bonchev–Trinajstić information content (AvgIpc) is 3.02. The fourth-order valence-corrected chi connectivity index (χ4v) is 2.31. The van der Waals surface area contributed by atoms with Crippen LogP contribution in [0.5, 0.6) is 0 Å². The lowest BCUT2D eigenvalue weighted by molar-refractivity contribution is 1.15. The van der Waals surface area contributed by atoms with E-state index in [1.807, 2.05) is 33.8 Å². The third-order valence-corrected chi connectivity index (χ3v) is 3.25. The second-order valence-corrected chi connectivity index (χ2v) is 4.90. The molecule has 0 saturated carbocycles. The molecule has 2 heterocycles. The predicted octanol–water partition coefficient (Wildman–Crippen LogP) is 5.21. The van der Waals surface area contributed by atoms with Crippen LogP contribution < -0.4 is 5.73 Å². The molecule has 0 spiro atoms. The smallest absolute Gasteiger partial charge is 0.197 e. The molecule has 0 aliphatic heterocycles. The molecular formula is C20H26N4. The van der Waals surface area contributed by atoms with E-state index in [2.05, 4.69) is 46.3 Å². The third kappa shape index (κ3) is 4.56. The highest BCUT2D eigenvalue weighted by atomic mass is 15.0. The Kier molecular flexibility index (Phi) is 7.43. The number of nitrogen functional groups attached to an aromatic ring is 1. The maximum absolute atomic E-state index is 5.64. The number of imidazole rings is 1. The maximum Gasteiger partial charge on any atom is 0.197 e. The summed E-state index contributed by atoms with van der Waals surface area (Å²) in [5.41, 5.74) is 9.73. The summed E-state index contributed by atoms with van der Waals surface area (Å²) in [7, 11) is 0. The number of benzene rings is 1. The molecule has 0 saturated heterocycles. The van der Waals surface area contributed by atoms with Crippen LogP contribution in [0.25, 0.3) is 22.0 Å². The highest BCUT2D eigenvalue weighted by Gasteiger charge is 2.08. The van der Waals surface area contributed by atoms with Crippen LogP contribution in [0.2, 0.25) is 0 Å². The third-order valence-electron chi connectivity index (χ3n) is 3.25. The van der Waals surface area contributed by atoms with Gasteiger partial charge in [-0.3, -0.25) is 4.98 Å². The molecule has 3 aromatic rings. The molecule has 3 rings (SSSR count). The molecule has 0 bridgehead atoms. The minimum absolute atomic E-state index is 0.435. The number of hydrogen-bond donors (Lipinski definition) is 2. The van der Waals surface area contributed by atoms with Gasteiger partial charge in [0.2, 0.25) is 0 Å². The first kappa shape index (κ1) is 19.2. The number of aromatic amines is 1. The van der Waals surface area contributed by atoms with Crippen LogP contribution in [0.3, 0.4) is 0 Å². The normalized spacial score (nSPS) is 9.33. The largest absolute Gasteiger partial charge is 0.369 e. The van der Waals surface area contributed by atoms with Crippen molar-refractivity contribution in [1.82, 2.24) is 15.0 Å². The van der Waals surface area contributed by atoms with Crippen LogP contribution >= 0.6 is 0 Å². The van der Waals surface area contributed by atoms with Crippen molar-refractivity contribution in [3.05, 3.63) is 67.2 Å². The van der Waals surface area contributed by atoms with E-state index in [0.717, 1.165) is 28.0 Å². The van der Waals surface area contributed by atoms with E-state index >= 15 is 0 Å². The van der Waals surface area contributed by atoms with E-state index in [9.17, 15) is 0 Å². The Morgan fingerprint density at radius 2 is 1.75 bits per heavy atom. The van der Waals surface area contributed by atoms with Crippen molar-refractivity contribution >= 4 is 16.7 Å². The molecular weight excluding hydrogens is 296 g/mol. The Morgan fingerprint density at radius 1 is 1.08 bits per heavy atom. The number of nitrogens with zero attached hydrogens (tertiary/aromatic N) is 2. The first-order valence-electron chi connectivity index (χ1n) is 7.98. The average molecular weight is 322 g/mol. The van der Waals surface area contributed by atoms with Crippen molar-refractivity contribution in [2.24, 2.45) is 0 Å². The minimum Gasteiger partial charge on any atom is -0.369 e. The molecule has 0 aliphatic carbocycles. The molecule has 0 fully saturated rings. The van der Waals surface area contributed by atoms with Gasteiger partial charge in [0, 0.05) is 22.3 Å².